The number of nitrogens with one attached hydrogen (secondary N) is 1. The number of carbonyl (C=O) groups excluding carboxylic acids is 2. The third kappa shape index (κ3) is 5.38. The Balaban J connectivity index is 1.72. The van der Waals surface area contributed by atoms with Crippen molar-refractivity contribution in [3.8, 4) is 11.4 Å². The van der Waals surface area contributed by atoms with Crippen molar-refractivity contribution in [2.24, 2.45) is 0 Å². The highest BCUT2D eigenvalue weighted by Crippen LogP contribution is 2.27. The average Bonchev–Trinajstić information content (AvgIpc) is 3.17. The quantitative estimate of drug-likeness (QED) is 0.786. The number of hydrogen-bond acceptors (Lipinski definition) is 5. The molecular formula is C22H30N4O4. The van der Waals surface area contributed by atoms with E-state index in [1.54, 1.807) is 16.7 Å². The normalized spacial score (nSPS) is 14.5. The lowest BCUT2D eigenvalue weighted by Gasteiger charge is -2.26. The number of anilines is 1. The van der Waals surface area contributed by atoms with Gasteiger partial charge in [0, 0.05) is 37.4 Å². The van der Waals surface area contributed by atoms with Crippen molar-refractivity contribution in [1.82, 2.24) is 14.7 Å². The zero-order valence-corrected chi connectivity index (χ0v) is 18.1. The minimum Gasteiger partial charge on any atom is -0.497 e. The first-order valence-corrected chi connectivity index (χ1v) is 10.2. The Bertz CT molecular complexity index is 878. The lowest BCUT2D eigenvalue weighted by atomic mass is 9.92. The van der Waals surface area contributed by atoms with E-state index in [0.29, 0.717) is 32.1 Å². The van der Waals surface area contributed by atoms with Crippen LogP contribution in [0, 0.1) is 0 Å². The number of morpholine rings is 1. The Morgan fingerprint density at radius 1 is 1.13 bits per heavy atom. The molecule has 1 fully saturated rings. The first-order valence-electron chi connectivity index (χ1n) is 10.2. The van der Waals surface area contributed by atoms with Crippen LogP contribution in [0.5, 0.6) is 5.75 Å². The summed E-state index contributed by atoms with van der Waals surface area (Å²) in [6.07, 6.45) is 0.295. The molecule has 162 valence electrons. The molecule has 0 aliphatic carbocycles. The van der Waals surface area contributed by atoms with Crippen molar-refractivity contribution >= 4 is 17.6 Å². The predicted octanol–water partition coefficient (Wildman–Crippen LogP) is 2.76. The van der Waals surface area contributed by atoms with E-state index in [9.17, 15) is 9.59 Å². The molecule has 2 amide bonds. The summed E-state index contributed by atoms with van der Waals surface area (Å²) >= 11 is 0. The van der Waals surface area contributed by atoms with Crippen molar-refractivity contribution in [2.75, 3.05) is 38.7 Å². The minimum atomic E-state index is -0.216. The van der Waals surface area contributed by atoms with Crippen LogP contribution in [-0.2, 0) is 19.7 Å². The van der Waals surface area contributed by atoms with Crippen molar-refractivity contribution in [3.63, 3.8) is 0 Å². The van der Waals surface area contributed by atoms with E-state index in [1.807, 2.05) is 30.3 Å². The summed E-state index contributed by atoms with van der Waals surface area (Å²) < 4.78 is 12.2. The second kappa shape index (κ2) is 9.30. The number of ether oxygens (including phenoxy) is 2. The molecule has 0 saturated carbocycles. The van der Waals surface area contributed by atoms with Crippen LogP contribution in [0.15, 0.2) is 30.3 Å². The fourth-order valence-corrected chi connectivity index (χ4v) is 3.15. The van der Waals surface area contributed by atoms with Gasteiger partial charge in [0.25, 0.3) is 0 Å². The minimum absolute atomic E-state index is 0.0208. The van der Waals surface area contributed by atoms with E-state index < -0.39 is 0 Å². The van der Waals surface area contributed by atoms with Gasteiger partial charge in [0.05, 0.1) is 31.7 Å². The highest BCUT2D eigenvalue weighted by atomic mass is 16.5. The standard InChI is InChI=1S/C22H30N4O4/c1-22(2,3)18-15-19(26(24-18)16-5-7-17(29-4)8-6-16)23-20(27)9-10-21(28)25-11-13-30-14-12-25/h5-8,15H,9-14H2,1-4H3,(H,23,27). The number of nitrogens with zero attached hydrogens (tertiary/aromatic N) is 3. The zero-order valence-electron chi connectivity index (χ0n) is 18.1. The van der Waals surface area contributed by atoms with Gasteiger partial charge in [-0.15, -0.1) is 0 Å². The third-order valence-electron chi connectivity index (χ3n) is 4.99. The average molecular weight is 415 g/mol. The number of benzene rings is 1. The molecule has 2 heterocycles. The molecule has 30 heavy (non-hydrogen) atoms. The molecule has 1 aliphatic rings. The Labute approximate surface area is 177 Å². The fourth-order valence-electron chi connectivity index (χ4n) is 3.15. The SMILES string of the molecule is COc1ccc(-n2nc(C(C)(C)C)cc2NC(=O)CCC(=O)N2CCOCC2)cc1. The Morgan fingerprint density at radius 3 is 2.40 bits per heavy atom. The van der Waals surface area contributed by atoms with E-state index in [1.165, 1.54) is 0 Å². The fraction of sp³-hybridized carbons (Fsp3) is 0.500. The summed E-state index contributed by atoms with van der Waals surface area (Å²) in [5.41, 5.74) is 1.49. The first-order chi connectivity index (χ1) is 14.3. The van der Waals surface area contributed by atoms with Gasteiger partial charge < -0.3 is 19.7 Å². The van der Waals surface area contributed by atoms with Crippen molar-refractivity contribution in [1.29, 1.82) is 0 Å². The van der Waals surface area contributed by atoms with Gasteiger partial charge in [-0.05, 0) is 24.3 Å². The van der Waals surface area contributed by atoms with Gasteiger partial charge in [-0.25, -0.2) is 4.68 Å². The number of carbonyl (C=O) groups is 2. The van der Waals surface area contributed by atoms with Gasteiger partial charge in [0.2, 0.25) is 11.8 Å². The van der Waals surface area contributed by atoms with Gasteiger partial charge in [-0.1, -0.05) is 20.8 Å². The first kappa shape index (κ1) is 21.8. The molecule has 1 aromatic carbocycles. The summed E-state index contributed by atoms with van der Waals surface area (Å²) in [6.45, 7) is 8.48. The molecule has 1 N–H and O–H groups in total. The van der Waals surface area contributed by atoms with Crippen LogP contribution >= 0.6 is 0 Å². The number of rotatable bonds is 6. The van der Waals surface area contributed by atoms with E-state index in [4.69, 9.17) is 14.6 Å². The maximum atomic E-state index is 12.6. The van der Waals surface area contributed by atoms with Gasteiger partial charge in [-0.2, -0.15) is 5.10 Å². The monoisotopic (exact) mass is 414 g/mol. The number of methoxy groups -OCH3 is 1. The van der Waals surface area contributed by atoms with Crippen LogP contribution in [0.2, 0.25) is 0 Å². The van der Waals surface area contributed by atoms with Crippen LogP contribution < -0.4 is 10.1 Å². The molecule has 1 aliphatic heterocycles. The highest BCUT2D eigenvalue weighted by Gasteiger charge is 2.22. The van der Waals surface area contributed by atoms with Crippen LogP contribution in [0.1, 0.15) is 39.3 Å². The summed E-state index contributed by atoms with van der Waals surface area (Å²) in [5.74, 6) is 1.09. The van der Waals surface area contributed by atoms with Crippen LogP contribution in [0.25, 0.3) is 5.69 Å². The van der Waals surface area contributed by atoms with Crippen molar-refractivity contribution < 1.29 is 19.1 Å². The van der Waals surface area contributed by atoms with Crippen LogP contribution in [0.3, 0.4) is 0 Å². The van der Waals surface area contributed by atoms with Gasteiger partial charge >= 0.3 is 0 Å². The van der Waals surface area contributed by atoms with Crippen molar-refractivity contribution in [3.05, 3.63) is 36.0 Å². The van der Waals surface area contributed by atoms with Crippen LogP contribution in [0.4, 0.5) is 5.82 Å². The predicted molar refractivity (Wildman–Crippen MR) is 114 cm³/mol. The summed E-state index contributed by atoms with van der Waals surface area (Å²) in [6, 6.07) is 9.35. The molecule has 0 radical (unpaired) electrons. The lowest BCUT2D eigenvalue weighted by molar-refractivity contribution is -0.136. The molecule has 8 nitrogen and oxygen atoms in total. The Kier molecular flexibility index (Phi) is 6.77. The smallest absolute Gasteiger partial charge is 0.226 e. The van der Waals surface area contributed by atoms with Gasteiger partial charge in [0.1, 0.15) is 11.6 Å². The number of amides is 2. The Morgan fingerprint density at radius 2 is 1.80 bits per heavy atom. The second-order valence-electron chi connectivity index (χ2n) is 8.32. The summed E-state index contributed by atoms with van der Waals surface area (Å²) in [7, 11) is 1.62. The second-order valence-corrected chi connectivity index (χ2v) is 8.32. The number of aromatic nitrogens is 2. The van der Waals surface area contributed by atoms with Gasteiger partial charge in [-0.3, -0.25) is 9.59 Å². The van der Waals surface area contributed by atoms with E-state index in [-0.39, 0.29) is 30.1 Å². The van der Waals surface area contributed by atoms with E-state index in [0.717, 1.165) is 17.1 Å². The third-order valence-corrected chi connectivity index (χ3v) is 4.99. The molecule has 8 heteroatoms. The zero-order chi connectivity index (χ0) is 21.7. The van der Waals surface area contributed by atoms with E-state index >= 15 is 0 Å². The van der Waals surface area contributed by atoms with Crippen molar-refractivity contribution in [2.45, 2.75) is 39.0 Å². The topological polar surface area (TPSA) is 85.7 Å². The molecule has 0 unspecified atom stereocenters. The summed E-state index contributed by atoms with van der Waals surface area (Å²) in [4.78, 5) is 26.6. The number of hydrogen-bond donors (Lipinski definition) is 1. The lowest BCUT2D eigenvalue weighted by Crippen LogP contribution is -2.40. The van der Waals surface area contributed by atoms with E-state index in [2.05, 4.69) is 26.1 Å². The molecule has 0 spiro atoms. The van der Waals surface area contributed by atoms with Gasteiger partial charge in [0.15, 0.2) is 0 Å². The maximum absolute atomic E-state index is 12.6. The highest BCUT2D eigenvalue weighted by molar-refractivity contribution is 5.93. The molecule has 0 bridgehead atoms. The van der Waals surface area contributed by atoms with Crippen LogP contribution in [-0.4, -0.2) is 59.9 Å². The maximum Gasteiger partial charge on any atom is 0.226 e. The molecule has 1 saturated heterocycles. The molecule has 1 aromatic heterocycles. The molecular weight excluding hydrogens is 384 g/mol. The summed E-state index contributed by atoms with van der Waals surface area (Å²) in [5, 5.41) is 7.62. The largest absolute Gasteiger partial charge is 0.497 e. The molecule has 2 aromatic rings. The Hall–Kier alpha value is -2.87. The molecule has 0 atom stereocenters. The molecule has 3 rings (SSSR count).